The zero-order valence-electron chi connectivity index (χ0n) is 17.3. The lowest BCUT2D eigenvalue weighted by atomic mass is 10.2. The van der Waals surface area contributed by atoms with Crippen molar-refractivity contribution in [1.29, 1.82) is 0 Å². The van der Waals surface area contributed by atoms with E-state index in [2.05, 4.69) is 10.0 Å². The Kier molecular flexibility index (Phi) is 8.15. The fourth-order valence-electron chi connectivity index (χ4n) is 2.82. The number of hydrogen-bond acceptors (Lipinski definition) is 6. The summed E-state index contributed by atoms with van der Waals surface area (Å²) in [7, 11) is -2.62. The number of anilines is 1. The number of amides is 1. The van der Waals surface area contributed by atoms with Gasteiger partial charge in [-0.3, -0.25) is 9.52 Å². The maximum atomic E-state index is 12.9. The van der Waals surface area contributed by atoms with Crippen LogP contribution in [0.15, 0.2) is 70.2 Å². The largest absolute Gasteiger partial charge is 0.495 e. The number of carbonyl (C=O) groups excluding carboxylic acids is 1. The summed E-state index contributed by atoms with van der Waals surface area (Å²) in [5, 5.41) is 2.73. The van der Waals surface area contributed by atoms with E-state index in [0.29, 0.717) is 31.9 Å². The number of sulfonamides is 1. The number of rotatable bonds is 11. The van der Waals surface area contributed by atoms with Gasteiger partial charge in [-0.15, -0.1) is 0 Å². The molecule has 0 aliphatic carbocycles. The Morgan fingerprint density at radius 2 is 1.94 bits per heavy atom. The van der Waals surface area contributed by atoms with Gasteiger partial charge in [-0.2, -0.15) is 0 Å². The van der Waals surface area contributed by atoms with Crippen LogP contribution in [0.4, 0.5) is 5.69 Å². The number of hydrogen-bond donors (Lipinski definition) is 2. The Balaban J connectivity index is 1.59. The standard InChI is InChI=1S/C22H23ClN2O6S/c1-29-20-8-3-2-7-19(20)25-32(27,28)21-14-16(9-10-18(21)23)22(26)24-11-5-12-30-15-17-6-4-13-31-17/h2-4,6-10,13-14,25H,5,11-12,15H2,1H3,(H,24,26). The van der Waals surface area contributed by atoms with Gasteiger partial charge in [0.1, 0.15) is 23.0 Å². The molecule has 1 aromatic heterocycles. The van der Waals surface area contributed by atoms with Gasteiger partial charge >= 0.3 is 0 Å². The predicted molar refractivity (Wildman–Crippen MR) is 121 cm³/mol. The molecule has 0 saturated heterocycles. The highest BCUT2D eigenvalue weighted by atomic mass is 35.5. The fourth-order valence-corrected chi connectivity index (χ4v) is 4.42. The van der Waals surface area contributed by atoms with E-state index in [4.69, 9.17) is 25.5 Å². The van der Waals surface area contributed by atoms with Crippen LogP contribution in [0, 0.1) is 0 Å². The molecule has 1 amide bonds. The molecular weight excluding hydrogens is 456 g/mol. The van der Waals surface area contributed by atoms with Gasteiger partial charge in [-0.25, -0.2) is 8.42 Å². The predicted octanol–water partition coefficient (Wildman–Crippen LogP) is 4.08. The SMILES string of the molecule is COc1ccccc1NS(=O)(=O)c1cc(C(=O)NCCCOCc2ccco2)ccc1Cl. The van der Waals surface area contributed by atoms with Crippen molar-refractivity contribution in [2.45, 2.75) is 17.9 Å². The number of para-hydroxylation sites is 2. The van der Waals surface area contributed by atoms with Crippen LogP contribution < -0.4 is 14.8 Å². The van der Waals surface area contributed by atoms with Crippen LogP contribution in [0.5, 0.6) is 5.75 Å². The van der Waals surface area contributed by atoms with Crippen LogP contribution in [0.2, 0.25) is 5.02 Å². The summed E-state index contributed by atoms with van der Waals surface area (Å²) in [5.41, 5.74) is 0.432. The number of benzene rings is 2. The van der Waals surface area contributed by atoms with Crippen LogP contribution in [0.3, 0.4) is 0 Å². The van der Waals surface area contributed by atoms with Crippen molar-refractivity contribution in [1.82, 2.24) is 5.32 Å². The smallest absolute Gasteiger partial charge is 0.263 e. The van der Waals surface area contributed by atoms with Gasteiger partial charge in [-0.05, 0) is 48.9 Å². The van der Waals surface area contributed by atoms with E-state index in [-0.39, 0.29) is 21.2 Å². The highest BCUT2D eigenvalue weighted by Crippen LogP contribution is 2.29. The number of carbonyl (C=O) groups is 1. The first kappa shape index (κ1) is 23.6. The summed E-state index contributed by atoms with van der Waals surface area (Å²) in [6.45, 7) is 1.16. The van der Waals surface area contributed by atoms with E-state index in [1.807, 2.05) is 6.07 Å². The Hall–Kier alpha value is -3.01. The molecule has 0 fully saturated rings. The van der Waals surface area contributed by atoms with Gasteiger partial charge in [0.05, 0.1) is 24.1 Å². The molecule has 2 N–H and O–H groups in total. The van der Waals surface area contributed by atoms with Crippen LogP contribution in [0.25, 0.3) is 0 Å². The topological polar surface area (TPSA) is 107 Å². The Morgan fingerprint density at radius 1 is 1.12 bits per heavy atom. The molecule has 0 radical (unpaired) electrons. The third kappa shape index (κ3) is 6.25. The second kappa shape index (κ2) is 11.0. The van der Waals surface area contributed by atoms with E-state index >= 15 is 0 Å². The minimum atomic E-state index is -4.06. The molecule has 32 heavy (non-hydrogen) atoms. The molecule has 0 aliphatic rings. The van der Waals surface area contributed by atoms with E-state index in [1.54, 1.807) is 36.6 Å². The Morgan fingerprint density at radius 3 is 2.69 bits per heavy atom. The Labute approximate surface area is 191 Å². The van der Waals surface area contributed by atoms with Crippen molar-refractivity contribution in [2.75, 3.05) is 25.0 Å². The number of methoxy groups -OCH3 is 1. The van der Waals surface area contributed by atoms with Crippen molar-refractivity contribution < 1.29 is 27.1 Å². The van der Waals surface area contributed by atoms with Crippen molar-refractivity contribution in [3.63, 3.8) is 0 Å². The van der Waals surface area contributed by atoms with E-state index in [1.165, 1.54) is 25.3 Å². The quantitative estimate of drug-likeness (QED) is 0.402. The number of furan rings is 1. The first-order valence-electron chi connectivity index (χ1n) is 9.74. The minimum absolute atomic E-state index is 0.00438. The summed E-state index contributed by atoms with van der Waals surface area (Å²) in [4.78, 5) is 12.3. The zero-order chi connectivity index (χ0) is 23.0. The summed E-state index contributed by atoms with van der Waals surface area (Å²) in [6, 6.07) is 14.3. The highest BCUT2D eigenvalue weighted by molar-refractivity contribution is 7.92. The van der Waals surface area contributed by atoms with Crippen LogP contribution in [-0.4, -0.2) is 34.6 Å². The third-order valence-electron chi connectivity index (χ3n) is 4.41. The second-order valence-corrected chi connectivity index (χ2v) is 8.75. The average molecular weight is 479 g/mol. The fraction of sp³-hybridized carbons (Fsp3) is 0.227. The molecule has 10 heteroatoms. The van der Waals surface area contributed by atoms with Crippen molar-refractivity contribution in [3.8, 4) is 5.75 Å². The maximum Gasteiger partial charge on any atom is 0.263 e. The van der Waals surface area contributed by atoms with Gasteiger partial charge in [0, 0.05) is 18.7 Å². The van der Waals surface area contributed by atoms with Gasteiger partial charge in [0.15, 0.2) is 0 Å². The van der Waals surface area contributed by atoms with Crippen LogP contribution in [0.1, 0.15) is 22.5 Å². The number of halogens is 1. The molecule has 0 aliphatic heterocycles. The van der Waals surface area contributed by atoms with Crippen molar-refractivity contribution in [2.24, 2.45) is 0 Å². The summed E-state index contributed by atoms with van der Waals surface area (Å²) < 4.78 is 44.0. The molecule has 0 atom stereocenters. The molecular formula is C22H23ClN2O6S. The molecule has 0 unspecified atom stereocenters. The molecule has 1 heterocycles. The molecule has 3 aromatic rings. The molecule has 0 bridgehead atoms. The van der Waals surface area contributed by atoms with Gasteiger partial charge in [-0.1, -0.05) is 23.7 Å². The van der Waals surface area contributed by atoms with Gasteiger partial charge < -0.3 is 19.2 Å². The second-order valence-electron chi connectivity index (χ2n) is 6.69. The summed E-state index contributed by atoms with van der Waals surface area (Å²) >= 11 is 6.12. The van der Waals surface area contributed by atoms with E-state index < -0.39 is 15.9 Å². The Bertz CT molecular complexity index is 1150. The third-order valence-corrected chi connectivity index (χ3v) is 6.26. The normalized spacial score (nSPS) is 11.2. The lowest BCUT2D eigenvalue weighted by Gasteiger charge is -2.13. The van der Waals surface area contributed by atoms with Gasteiger partial charge in [0.25, 0.3) is 15.9 Å². The van der Waals surface area contributed by atoms with E-state index in [0.717, 1.165) is 5.76 Å². The molecule has 0 spiro atoms. The first-order chi connectivity index (χ1) is 15.4. The van der Waals surface area contributed by atoms with Crippen molar-refractivity contribution >= 4 is 33.2 Å². The van der Waals surface area contributed by atoms with E-state index in [9.17, 15) is 13.2 Å². The van der Waals surface area contributed by atoms with Gasteiger partial charge in [0.2, 0.25) is 0 Å². The van der Waals surface area contributed by atoms with Crippen LogP contribution in [-0.2, 0) is 21.4 Å². The van der Waals surface area contributed by atoms with Crippen LogP contribution >= 0.6 is 11.6 Å². The molecule has 2 aromatic carbocycles. The highest BCUT2D eigenvalue weighted by Gasteiger charge is 2.21. The number of ether oxygens (including phenoxy) is 2. The minimum Gasteiger partial charge on any atom is -0.495 e. The lowest BCUT2D eigenvalue weighted by Crippen LogP contribution is -2.25. The monoisotopic (exact) mass is 478 g/mol. The summed E-state index contributed by atoms with van der Waals surface area (Å²) in [5.74, 6) is 0.669. The molecule has 0 saturated carbocycles. The molecule has 170 valence electrons. The molecule has 8 nitrogen and oxygen atoms in total. The first-order valence-corrected chi connectivity index (χ1v) is 11.6. The number of nitrogens with one attached hydrogen (secondary N) is 2. The average Bonchev–Trinajstić information content (AvgIpc) is 3.30. The molecule has 3 rings (SSSR count). The summed E-state index contributed by atoms with van der Waals surface area (Å²) in [6.07, 6.45) is 2.16. The van der Waals surface area contributed by atoms with Crippen molar-refractivity contribution in [3.05, 3.63) is 77.2 Å². The zero-order valence-corrected chi connectivity index (χ0v) is 18.9. The lowest BCUT2D eigenvalue weighted by molar-refractivity contribution is 0.0917. The maximum absolute atomic E-state index is 12.9.